The number of aliphatic imine (C=N–C) groups is 1. The summed E-state index contributed by atoms with van der Waals surface area (Å²) >= 11 is 0. The third kappa shape index (κ3) is 4.97. The molecule has 1 unspecified atom stereocenters. The molecule has 0 aromatic heterocycles. The number of esters is 1. The molecule has 1 fully saturated rings. The molecule has 0 bridgehead atoms. The minimum Gasteiger partial charge on any atom is -0.511 e. The molecule has 22 heavy (non-hydrogen) atoms. The van der Waals surface area contributed by atoms with E-state index in [4.69, 9.17) is 0 Å². The standard InChI is InChI=1S/C17H27NO4/c1-6-11(2)18-12-9-17(3,4)10-14(20)16(12)13(19)7-8-15(21)22-5/h11,19H,6-10H2,1-5H3. The molecule has 0 heterocycles. The number of methoxy groups -OCH3 is 1. The Hall–Kier alpha value is -1.65. The molecule has 1 rings (SSSR count). The highest BCUT2D eigenvalue weighted by molar-refractivity contribution is 6.24. The van der Waals surface area contributed by atoms with E-state index >= 15 is 0 Å². The van der Waals surface area contributed by atoms with E-state index in [1.807, 2.05) is 27.7 Å². The van der Waals surface area contributed by atoms with Gasteiger partial charge >= 0.3 is 5.97 Å². The summed E-state index contributed by atoms with van der Waals surface area (Å²) in [5.74, 6) is -0.551. The SMILES string of the molecule is CCC(C)N=C1CC(C)(C)CC(=O)C1=C(O)CCC(=O)OC. The third-order valence-electron chi connectivity index (χ3n) is 3.90. The summed E-state index contributed by atoms with van der Waals surface area (Å²) in [5, 5.41) is 10.3. The van der Waals surface area contributed by atoms with Gasteiger partial charge in [-0.3, -0.25) is 14.6 Å². The van der Waals surface area contributed by atoms with Crippen LogP contribution in [0.3, 0.4) is 0 Å². The molecule has 5 nitrogen and oxygen atoms in total. The maximum atomic E-state index is 12.4. The number of rotatable bonds is 5. The molecule has 1 aliphatic carbocycles. The zero-order valence-corrected chi connectivity index (χ0v) is 14.2. The Morgan fingerprint density at radius 3 is 2.55 bits per heavy atom. The van der Waals surface area contributed by atoms with Crippen molar-refractivity contribution in [1.82, 2.24) is 0 Å². The van der Waals surface area contributed by atoms with Gasteiger partial charge in [0.25, 0.3) is 0 Å². The first-order valence-electron chi connectivity index (χ1n) is 7.79. The lowest BCUT2D eigenvalue weighted by Gasteiger charge is -2.32. The average molecular weight is 309 g/mol. The lowest BCUT2D eigenvalue weighted by atomic mass is 9.73. The van der Waals surface area contributed by atoms with Gasteiger partial charge in [0.1, 0.15) is 5.76 Å². The summed E-state index contributed by atoms with van der Waals surface area (Å²) in [4.78, 5) is 28.3. The maximum absolute atomic E-state index is 12.4. The fourth-order valence-corrected chi connectivity index (χ4v) is 2.53. The number of aliphatic hydroxyl groups excluding tert-OH is 1. The van der Waals surface area contributed by atoms with E-state index in [0.717, 1.165) is 6.42 Å². The maximum Gasteiger partial charge on any atom is 0.305 e. The van der Waals surface area contributed by atoms with Crippen LogP contribution < -0.4 is 0 Å². The molecule has 0 aromatic carbocycles. The molecule has 0 saturated heterocycles. The molecule has 1 N–H and O–H groups in total. The number of aliphatic hydroxyl groups is 1. The van der Waals surface area contributed by atoms with Crippen LogP contribution in [0.15, 0.2) is 16.3 Å². The monoisotopic (exact) mass is 309 g/mol. The third-order valence-corrected chi connectivity index (χ3v) is 3.90. The molecule has 0 aliphatic heterocycles. The first-order chi connectivity index (χ1) is 10.2. The lowest BCUT2D eigenvalue weighted by Crippen LogP contribution is -2.33. The van der Waals surface area contributed by atoms with Crippen molar-refractivity contribution in [3.63, 3.8) is 0 Å². The van der Waals surface area contributed by atoms with Gasteiger partial charge in [-0.05, 0) is 25.2 Å². The highest BCUT2D eigenvalue weighted by Crippen LogP contribution is 2.36. The largest absolute Gasteiger partial charge is 0.511 e. The first kappa shape index (κ1) is 18.4. The van der Waals surface area contributed by atoms with Crippen LogP contribution in [0.4, 0.5) is 0 Å². The van der Waals surface area contributed by atoms with Crippen LogP contribution in [0.25, 0.3) is 0 Å². The van der Waals surface area contributed by atoms with Crippen molar-refractivity contribution in [3.8, 4) is 0 Å². The number of nitrogens with zero attached hydrogens (tertiary/aromatic N) is 1. The van der Waals surface area contributed by atoms with Crippen molar-refractivity contribution in [3.05, 3.63) is 11.3 Å². The quantitative estimate of drug-likeness (QED) is 0.480. The topological polar surface area (TPSA) is 76.0 Å². The summed E-state index contributed by atoms with van der Waals surface area (Å²) in [5.41, 5.74) is 0.816. The second-order valence-corrected chi connectivity index (χ2v) is 6.67. The van der Waals surface area contributed by atoms with Gasteiger partial charge in [-0.2, -0.15) is 0 Å². The summed E-state index contributed by atoms with van der Waals surface area (Å²) in [6.07, 6.45) is 2.06. The number of ether oxygens (including phenoxy) is 1. The molecule has 5 heteroatoms. The Kier molecular flexibility index (Phi) is 6.33. The van der Waals surface area contributed by atoms with Crippen molar-refractivity contribution < 1.29 is 19.4 Å². The van der Waals surface area contributed by atoms with Gasteiger partial charge in [-0.15, -0.1) is 0 Å². The van der Waals surface area contributed by atoms with Crippen LogP contribution >= 0.6 is 0 Å². The summed E-state index contributed by atoms with van der Waals surface area (Å²) in [6.45, 7) is 8.08. The van der Waals surface area contributed by atoms with Crippen LogP contribution in [0, 0.1) is 5.41 Å². The minimum absolute atomic E-state index is 0.0482. The van der Waals surface area contributed by atoms with Gasteiger partial charge in [0.05, 0.1) is 19.1 Å². The smallest absolute Gasteiger partial charge is 0.305 e. The number of hydrogen-bond acceptors (Lipinski definition) is 5. The van der Waals surface area contributed by atoms with Crippen LogP contribution in [0.2, 0.25) is 0 Å². The zero-order valence-electron chi connectivity index (χ0n) is 14.2. The highest BCUT2D eigenvalue weighted by Gasteiger charge is 2.36. The minimum atomic E-state index is -0.406. The van der Waals surface area contributed by atoms with Crippen molar-refractivity contribution in [2.24, 2.45) is 10.4 Å². The second-order valence-electron chi connectivity index (χ2n) is 6.67. The summed E-state index contributed by atoms with van der Waals surface area (Å²) in [7, 11) is 1.30. The van der Waals surface area contributed by atoms with Crippen molar-refractivity contribution in [2.45, 2.75) is 65.8 Å². The van der Waals surface area contributed by atoms with Gasteiger partial charge in [-0.1, -0.05) is 20.8 Å². The second kappa shape index (κ2) is 7.56. The predicted octanol–water partition coefficient (Wildman–Crippen LogP) is 3.38. The molecular formula is C17H27NO4. The van der Waals surface area contributed by atoms with Crippen LogP contribution in [0.5, 0.6) is 0 Å². The van der Waals surface area contributed by atoms with Crippen LogP contribution in [0.1, 0.15) is 59.8 Å². The normalized spacial score (nSPS) is 23.3. The molecule has 1 atom stereocenters. The van der Waals surface area contributed by atoms with Crippen molar-refractivity contribution >= 4 is 17.5 Å². The summed E-state index contributed by atoms with van der Waals surface area (Å²) in [6, 6.07) is 0.0973. The van der Waals surface area contributed by atoms with Gasteiger partial charge in [0, 0.05) is 24.6 Å². The van der Waals surface area contributed by atoms with Gasteiger partial charge < -0.3 is 9.84 Å². The molecule has 1 aliphatic rings. The fraction of sp³-hybridized carbons (Fsp3) is 0.706. The molecule has 0 amide bonds. The zero-order chi connectivity index (χ0) is 16.9. The van der Waals surface area contributed by atoms with E-state index in [-0.39, 0.29) is 35.8 Å². The molecule has 124 valence electrons. The molecule has 0 radical (unpaired) electrons. The number of carbonyl (C=O) groups is 2. The number of Topliss-reactive ketones (excluding diaryl/α,β-unsaturated/α-hetero) is 1. The predicted molar refractivity (Wildman–Crippen MR) is 86.1 cm³/mol. The van der Waals surface area contributed by atoms with Crippen LogP contribution in [-0.4, -0.2) is 35.7 Å². The van der Waals surface area contributed by atoms with E-state index in [0.29, 0.717) is 24.1 Å². The number of allylic oxidation sites excluding steroid dienone is 2. The lowest BCUT2D eigenvalue weighted by molar-refractivity contribution is -0.140. The van der Waals surface area contributed by atoms with Crippen molar-refractivity contribution in [1.29, 1.82) is 0 Å². The molecule has 0 aromatic rings. The Morgan fingerprint density at radius 2 is 2.00 bits per heavy atom. The Balaban J connectivity index is 3.12. The Bertz CT molecular complexity index is 503. The van der Waals surface area contributed by atoms with Gasteiger partial charge in [-0.25, -0.2) is 0 Å². The Labute approximate surface area is 132 Å². The highest BCUT2D eigenvalue weighted by atomic mass is 16.5. The van der Waals surface area contributed by atoms with Crippen molar-refractivity contribution in [2.75, 3.05) is 7.11 Å². The summed E-state index contributed by atoms with van der Waals surface area (Å²) < 4.78 is 4.57. The fourth-order valence-electron chi connectivity index (χ4n) is 2.53. The van der Waals surface area contributed by atoms with Gasteiger partial charge in [0.2, 0.25) is 0 Å². The van der Waals surface area contributed by atoms with Gasteiger partial charge in [0.15, 0.2) is 5.78 Å². The molecule has 1 saturated carbocycles. The van der Waals surface area contributed by atoms with E-state index in [2.05, 4.69) is 9.73 Å². The Morgan fingerprint density at radius 1 is 1.36 bits per heavy atom. The van der Waals surface area contributed by atoms with Crippen LogP contribution in [-0.2, 0) is 14.3 Å². The number of ketones is 1. The first-order valence-corrected chi connectivity index (χ1v) is 7.79. The average Bonchev–Trinajstić information content (AvgIpc) is 2.42. The molecule has 0 spiro atoms. The van der Waals surface area contributed by atoms with E-state index < -0.39 is 5.97 Å². The number of hydrogen-bond donors (Lipinski definition) is 1. The molecular weight excluding hydrogens is 282 g/mol. The van der Waals surface area contributed by atoms with E-state index in [1.165, 1.54) is 7.11 Å². The van der Waals surface area contributed by atoms with E-state index in [1.54, 1.807) is 0 Å². The number of carbonyl (C=O) groups excluding carboxylic acids is 2. The van der Waals surface area contributed by atoms with E-state index in [9.17, 15) is 14.7 Å².